The van der Waals surface area contributed by atoms with E-state index in [-0.39, 0.29) is 18.2 Å². The van der Waals surface area contributed by atoms with E-state index < -0.39 is 6.04 Å². The average Bonchev–Trinajstić information content (AvgIpc) is 2.51. The van der Waals surface area contributed by atoms with Gasteiger partial charge in [-0.3, -0.25) is 9.59 Å². The highest BCUT2D eigenvalue weighted by atomic mass is 16.5. The highest BCUT2D eigenvalue weighted by molar-refractivity contribution is 6.02. The molecule has 1 aromatic rings. The maximum absolute atomic E-state index is 12.7. The first-order chi connectivity index (χ1) is 10.8. The molecule has 0 bridgehead atoms. The van der Waals surface area contributed by atoms with Gasteiger partial charge in [-0.2, -0.15) is 0 Å². The molecule has 128 valence electrons. The summed E-state index contributed by atoms with van der Waals surface area (Å²) < 4.78 is 4.98. The van der Waals surface area contributed by atoms with E-state index in [1.54, 1.807) is 19.1 Å². The normalized spacial score (nSPS) is 12.1. The Labute approximate surface area is 139 Å². The lowest BCUT2D eigenvalue weighted by molar-refractivity contribution is -0.143. The van der Waals surface area contributed by atoms with Crippen molar-refractivity contribution in [1.82, 2.24) is 5.32 Å². The molecule has 1 unspecified atom stereocenters. The highest BCUT2D eigenvalue weighted by Gasteiger charge is 2.23. The molecule has 0 aromatic heterocycles. The van der Waals surface area contributed by atoms with E-state index in [1.807, 2.05) is 31.1 Å². The van der Waals surface area contributed by atoms with Gasteiger partial charge in [0.05, 0.1) is 19.1 Å². The molecule has 0 aliphatic carbocycles. The molecule has 1 rings (SSSR count). The minimum absolute atomic E-state index is 0.0504. The van der Waals surface area contributed by atoms with E-state index >= 15 is 0 Å². The van der Waals surface area contributed by atoms with Crippen molar-refractivity contribution in [1.29, 1.82) is 0 Å². The van der Waals surface area contributed by atoms with Gasteiger partial charge in [-0.1, -0.05) is 13.8 Å². The van der Waals surface area contributed by atoms with Crippen LogP contribution in [0.3, 0.4) is 0 Å². The molecule has 5 heteroatoms. The summed E-state index contributed by atoms with van der Waals surface area (Å²) in [5.74, 6) is -0.0420. The maximum atomic E-state index is 12.7. The number of benzene rings is 1. The van der Waals surface area contributed by atoms with Crippen LogP contribution in [-0.2, 0) is 9.53 Å². The molecule has 0 amide bonds. The second kappa shape index (κ2) is 9.30. The molecular weight excluding hydrogens is 292 g/mol. The molecule has 0 heterocycles. The molecule has 0 radical (unpaired) electrons. The van der Waals surface area contributed by atoms with Crippen molar-refractivity contribution in [2.45, 2.75) is 33.2 Å². The number of nitrogens with zero attached hydrogens (tertiary/aromatic N) is 1. The highest BCUT2D eigenvalue weighted by Crippen LogP contribution is 2.15. The molecule has 0 aliphatic heterocycles. The second-order valence-electron chi connectivity index (χ2n) is 6.17. The number of carbonyl (C=O) groups excluding carboxylic acids is 2. The quantitative estimate of drug-likeness (QED) is 0.559. The molecule has 5 nitrogen and oxygen atoms in total. The van der Waals surface area contributed by atoms with Crippen LogP contribution in [0.1, 0.15) is 37.6 Å². The standard InChI is InChI=1S/C18H28N2O3/c1-6-23-17(21)11-16(19-12-13(2)3)18(22)14-7-9-15(10-8-14)20(4)5/h7-10,13,16,19H,6,11-12H2,1-5H3. The Kier molecular flexibility index (Phi) is 7.75. The summed E-state index contributed by atoms with van der Waals surface area (Å²) in [7, 11) is 3.90. The predicted molar refractivity (Wildman–Crippen MR) is 93.0 cm³/mol. The maximum Gasteiger partial charge on any atom is 0.307 e. The molecule has 1 atom stereocenters. The summed E-state index contributed by atoms with van der Waals surface area (Å²) in [4.78, 5) is 26.4. The third-order valence-corrected chi connectivity index (χ3v) is 3.43. The van der Waals surface area contributed by atoms with Crippen LogP contribution in [0.15, 0.2) is 24.3 Å². The van der Waals surface area contributed by atoms with Gasteiger partial charge in [0.2, 0.25) is 0 Å². The van der Waals surface area contributed by atoms with Crippen LogP contribution in [0.25, 0.3) is 0 Å². The van der Waals surface area contributed by atoms with Crippen LogP contribution in [0, 0.1) is 5.92 Å². The number of ether oxygens (including phenoxy) is 1. The minimum Gasteiger partial charge on any atom is -0.466 e. The fraction of sp³-hybridized carbons (Fsp3) is 0.556. The van der Waals surface area contributed by atoms with Crippen molar-refractivity contribution in [3.05, 3.63) is 29.8 Å². The molecule has 1 aromatic carbocycles. The van der Waals surface area contributed by atoms with Gasteiger partial charge >= 0.3 is 5.97 Å². The van der Waals surface area contributed by atoms with Crippen molar-refractivity contribution in [2.24, 2.45) is 5.92 Å². The van der Waals surface area contributed by atoms with Crippen LogP contribution in [0.2, 0.25) is 0 Å². The van der Waals surface area contributed by atoms with Crippen LogP contribution < -0.4 is 10.2 Å². The molecular formula is C18H28N2O3. The molecule has 23 heavy (non-hydrogen) atoms. The third-order valence-electron chi connectivity index (χ3n) is 3.43. The summed E-state index contributed by atoms with van der Waals surface area (Å²) in [5, 5.41) is 3.18. The number of hydrogen-bond acceptors (Lipinski definition) is 5. The van der Waals surface area contributed by atoms with E-state index in [0.29, 0.717) is 24.6 Å². The fourth-order valence-corrected chi connectivity index (χ4v) is 2.15. The van der Waals surface area contributed by atoms with Gasteiger partial charge < -0.3 is 15.0 Å². The van der Waals surface area contributed by atoms with Gasteiger partial charge in [0.1, 0.15) is 0 Å². The minimum atomic E-state index is -0.554. The van der Waals surface area contributed by atoms with Crippen molar-refractivity contribution in [3.63, 3.8) is 0 Å². The first kappa shape index (κ1) is 19.2. The number of ketones is 1. The lowest BCUT2D eigenvalue weighted by Crippen LogP contribution is -2.40. The van der Waals surface area contributed by atoms with Crippen LogP contribution >= 0.6 is 0 Å². The van der Waals surface area contributed by atoms with Crippen molar-refractivity contribution < 1.29 is 14.3 Å². The number of hydrogen-bond donors (Lipinski definition) is 1. The Bertz CT molecular complexity index is 510. The Morgan fingerprint density at radius 1 is 1.17 bits per heavy atom. The lowest BCUT2D eigenvalue weighted by Gasteiger charge is -2.19. The lowest BCUT2D eigenvalue weighted by atomic mass is 10.0. The van der Waals surface area contributed by atoms with Crippen molar-refractivity contribution in [3.8, 4) is 0 Å². The summed E-state index contributed by atoms with van der Waals surface area (Å²) in [6, 6.07) is 6.84. The first-order valence-electron chi connectivity index (χ1n) is 8.05. The summed E-state index contributed by atoms with van der Waals surface area (Å²) in [5.41, 5.74) is 1.62. The number of Topliss-reactive ketones (excluding diaryl/α,β-unsaturated/α-hetero) is 1. The topological polar surface area (TPSA) is 58.6 Å². The molecule has 0 spiro atoms. The summed E-state index contributed by atoms with van der Waals surface area (Å²) >= 11 is 0. The zero-order valence-electron chi connectivity index (χ0n) is 14.8. The van der Waals surface area contributed by atoms with E-state index in [1.165, 1.54) is 0 Å². The Morgan fingerprint density at radius 2 is 1.78 bits per heavy atom. The van der Waals surface area contributed by atoms with E-state index in [2.05, 4.69) is 19.2 Å². The fourth-order valence-electron chi connectivity index (χ4n) is 2.15. The summed E-state index contributed by atoms with van der Waals surface area (Å²) in [6.07, 6.45) is 0.0504. The average molecular weight is 320 g/mol. The number of carbonyl (C=O) groups is 2. The number of esters is 1. The number of anilines is 1. The van der Waals surface area contributed by atoms with E-state index in [0.717, 1.165) is 5.69 Å². The van der Waals surface area contributed by atoms with Crippen LogP contribution in [-0.4, -0.2) is 45.0 Å². The van der Waals surface area contributed by atoms with Gasteiger partial charge in [0, 0.05) is 25.3 Å². The van der Waals surface area contributed by atoms with Gasteiger partial charge in [-0.15, -0.1) is 0 Å². The largest absolute Gasteiger partial charge is 0.466 e. The van der Waals surface area contributed by atoms with Gasteiger partial charge in [-0.25, -0.2) is 0 Å². The number of nitrogens with one attached hydrogen (secondary N) is 1. The van der Waals surface area contributed by atoms with Crippen molar-refractivity contribution in [2.75, 3.05) is 32.1 Å². The van der Waals surface area contributed by atoms with Crippen LogP contribution in [0.4, 0.5) is 5.69 Å². The number of rotatable bonds is 9. The molecule has 0 saturated carbocycles. The van der Waals surface area contributed by atoms with Gasteiger partial charge in [-0.05, 0) is 43.7 Å². The molecule has 0 saturated heterocycles. The second-order valence-corrected chi connectivity index (χ2v) is 6.17. The zero-order valence-corrected chi connectivity index (χ0v) is 14.8. The SMILES string of the molecule is CCOC(=O)CC(NCC(C)C)C(=O)c1ccc(N(C)C)cc1. The summed E-state index contributed by atoms with van der Waals surface area (Å²) in [6.45, 7) is 6.87. The molecule has 0 fully saturated rings. The first-order valence-corrected chi connectivity index (χ1v) is 8.05. The third kappa shape index (κ3) is 6.40. The zero-order chi connectivity index (χ0) is 17.4. The smallest absolute Gasteiger partial charge is 0.307 e. The Hall–Kier alpha value is -1.88. The Morgan fingerprint density at radius 3 is 2.26 bits per heavy atom. The van der Waals surface area contributed by atoms with E-state index in [4.69, 9.17) is 4.74 Å². The predicted octanol–water partition coefficient (Wildman–Crippen LogP) is 2.50. The Balaban J connectivity index is 2.85. The van der Waals surface area contributed by atoms with Gasteiger partial charge in [0.15, 0.2) is 5.78 Å². The van der Waals surface area contributed by atoms with E-state index in [9.17, 15) is 9.59 Å². The van der Waals surface area contributed by atoms with Gasteiger partial charge in [0.25, 0.3) is 0 Å². The van der Waals surface area contributed by atoms with Crippen molar-refractivity contribution >= 4 is 17.4 Å². The molecule has 0 aliphatic rings. The van der Waals surface area contributed by atoms with Crippen LogP contribution in [0.5, 0.6) is 0 Å². The molecule has 1 N–H and O–H groups in total. The monoisotopic (exact) mass is 320 g/mol.